The largest absolute Gasteiger partial charge is 0.455 e. The predicted molar refractivity (Wildman–Crippen MR) is 70.5 cm³/mol. The molecule has 18 heavy (non-hydrogen) atoms. The summed E-state index contributed by atoms with van der Waals surface area (Å²) in [5.41, 5.74) is 6.64. The molecule has 0 saturated heterocycles. The molecule has 0 aliphatic carbocycles. The van der Waals surface area contributed by atoms with E-state index in [2.05, 4.69) is 9.97 Å². The number of pyridine rings is 2. The number of nitrogens with zero attached hydrogens (tertiary/aromatic N) is 2. The Morgan fingerprint density at radius 1 is 0.889 bits per heavy atom. The molecule has 3 aromatic rings. The number of hydrogen-bond acceptors (Lipinski definition) is 4. The lowest BCUT2D eigenvalue weighted by Gasteiger charge is -2.09. The number of anilines is 1. The number of aromatic nitrogens is 2. The van der Waals surface area contributed by atoms with Gasteiger partial charge >= 0.3 is 0 Å². The van der Waals surface area contributed by atoms with Gasteiger partial charge in [0.25, 0.3) is 0 Å². The zero-order chi connectivity index (χ0) is 12.4. The molecule has 0 radical (unpaired) electrons. The van der Waals surface area contributed by atoms with Crippen LogP contribution in [0, 0.1) is 0 Å². The van der Waals surface area contributed by atoms with Crippen molar-refractivity contribution in [3.8, 4) is 11.5 Å². The number of benzene rings is 1. The molecule has 4 nitrogen and oxygen atoms in total. The van der Waals surface area contributed by atoms with Gasteiger partial charge < -0.3 is 10.5 Å². The smallest absolute Gasteiger partial charge is 0.145 e. The predicted octanol–water partition coefficient (Wildman–Crippen LogP) is 3.00. The molecule has 0 fully saturated rings. The fourth-order valence-electron chi connectivity index (χ4n) is 1.81. The zero-order valence-corrected chi connectivity index (χ0v) is 9.58. The standard InChI is InChI=1S/C14H11N3O/c15-13-3-4-14(12-9-17-7-5-11(12)13)18-10-2-1-6-16-8-10/h1-9H,15H2. The average molecular weight is 237 g/mol. The van der Waals surface area contributed by atoms with E-state index in [0.717, 1.165) is 16.5 Å². The Morgan fingerprint density at radius 2 is 1.78 bits per heavy atom. The molecule has 0 saturated carbocycles. The Balaban J connectivity index is 2.10. The molecule has 2 aromatic heterocycles. The summed E-state index contributed by atoms with van der Waals surface area (Å²) in [4.78, 5) is 8.12. The van der Waals surface area contributed by atoms with Crippen LogP contribution in [0.5, 0.6) is 11.5 Å². The van der Waals surface area contributed by atoms with E-state index in [4.69, 9.17) is 10.5 Å². The fraction of sp³-hybridized carbons (Fsp3) is 0. The molecule has 0 bridgehead atoms. The first-order chi connectivity index (χ1) is 8.84. The van der Waals surface area contributed by atoms with Gasteiger partial charge in [0.2, 0.25) is 0 Å². The third-order valence-electron chi connectivity index (χ3n) is 2.67. The van der Waals surface area contributed by atoms with Crippen molar-refractivity contribution < 1.29 is 4.74 Å². The zero-order valence-electron chi connectivity index (χ0n) is 9.58. The quantitative estimate of drug-likeness (QED) is 0.696. The number of ether oxygens (including phenoxy) is 1. The third-order valence-corrected chi connectivity index (χ3v) is 2.67. The number of fused-ring (bicyclic) bond motifs is 1. The fourth-order valence-corrected chi connectivity index (χ4v) is 1.81. The minimum Gasteiger partial charge on any atom is -0.455 e. The lowest BCUT2D eigenvalue weighted by Crippen LogP contribution is -1.91. The maximum atomic E-state index is 5.92. The van der Waals surface area contributed by atoms with Crippen LogP contribution >= 0.6 is 0 Å². The van der Waals surface area contributed by atoms with E-state index < -0.39 is 0 Å². The highest BCUT2D eigenvalue weighted by Gasteiger charge is 2.06. The second-order valence-corrected chi connectivity index (χ2v) is 3.86. The van der Waals surface area contributed by atoms with E-state index >= 15 is 0 Å². The van der Waals surface area contributed by atoms with Crippen molar-refractivity contribution in [1.82, 2.24) is 9.97 Å². The van der Waals surface area contributed by atoms with Gasteiger partial charge in [0, 0.05) is 35.1 Å². The summed E-state index contributed by atoms with van der Waals surface area (Å²) in [6, 6.07) is 9.22. The lowest BCUT2D eigenvalue weighted by atomic mass is 10.1. The maximum absolute atomic E-state index is 5.92. The molecule has 2 N–H and O–H groups in total. The van der Waals surface area contributed by atoms with Crippen LogP contribution in [0.3, 0.4) is 0 Å². The minimum atomic E-state index is 0.687. The summed E-state index contributed by atoms with van der Waals surface area (Å²) >= 11 is 0. The number of hydrogen-bond donors (Lipinski definition) is 1. The van der Waals surface area contributed by atoms with Crippen LogP contribution in [0.15, 0.2) is 55.1 Å². The van der Waals surface area contributed by atoms with Crippen molar-refractivity contribution in [3.05, 3.63) is 55.1 Å². The van der Waals surface area contributed by atoms with Gasteiger partial charge in [-0.25, -0.2) is 0 Å². The summed E-state index contributed by atoms with van der Waals surface area (Å²) in [5.74, 6) is 1.41. The van der Waals surface area contributed by atoms with Gasteiger partial charge in [0.1, 0.15) is 11.5 Å². The van der Waals surface area contributed by atoms with Crippen molar-refractivity contribution in [3.63, 3.8) is 0 Å². The van der Waals surface area contributed by atoms with Gasteiger partial charge in [-0.05, 0) is 30.3 Å². The number of rotatable bonds is 2. The molecule has 0 aliphatic heterocycles. The first-order valence-electron chi connectivity index (χ1n) is 5.55. The van der Waals surface area contributed by atoms with Gasteiger partial charge in [0.15, 0.2) is 0 Å². The Bertz CT molecular complexity index is 683. The topological polar surface area (TPSA) is 61.0 Å². The number of nitrogens with two attached hydrogens (primary N) is 1. The minimum absolute atomic E-state index is 0.687. The Labute approximate surface area is 104 Å². The molecule has 0 unspecified atom stereocenters. The van der Waals surface area contributed by atoms with E-state index in [9.17, 15) is 0 Å². The van der Waals surface area contributed by atoms with Gasteiger partial charge in [0.05, 0.1) is 6.20 Å². The monoisotopic (exact) mass is 237 g/mol. The molecule has 2 heterocycles. The van der Waals surface area contributed by atoms with Crippen LogP contribution in [0.4, 0.5) is 5.69 Å². The van der Waals surface area contributed by atoms with Crippen LogP contribution in [0.1, 0.15) is 0 Å². The second kappa shape index (κ2) is 4.33. The summed E-state index contributed by atoms with van der Waals surface area (Å²) in [7, 11) is 0. The van der Waals surface area contributed by atoms with Crippen molar-refractivity contribution in [1.29, 1.82) is 0 Å². The van der Waals surface area contributed by atoms with Gasteiger partial charge in [-0.2, -0.15) is 0 Å². The first-order valence-corrected chi connectivity index (χ1v) is 5.55. The van der Waals surface area contributed by atoms with Crippen molar-refractivity contribution in [2.24, 2.45) is 0 Å². The molecule has 0 aliphatic rings. The highest BCUT2D eigenvalue weighted by molar-refractivity contribution is 5.96. The molecule has 4 heteroatoms. The van der Waals surface area contributed by atoms with Crippen LogP contribution in [0.25, 0.3) is 10.8 Å². The van der Waals surface area contributed by atoms with Crippen molar-refractivity contribution >= 4 is 16.5 Å². The van der Waals surface area contributed by atoms with E-state index in [0.29, 0.717) is 11.4 Å². The second-order valence-electron chi connectivity index (χ2n) is 3.86. The van der Waals surface area contributed by atoms with Gasteiger partial charge in [-0.3, -0.25) is 9.97 Å². The maximum Gasteiger partial charge on any atom is 0.145 e. The molecular weight excluding hydrogens is 226 g/mol. The van der Waals surface area contributed by atoms with Crippen molar-refractivity contribution in [2.45, 2.75) is 0 Å². The first kappa shape index (κ1) is 10.5. The Hall–Kier alpha value is -2.62. The van der Waals surface area contributed by atoms with E-state index in [1.807, 2.05) is 30.3 Å². The van der Waals surface area contributed by atoms with Crippen LogP contribution < -0.4 is 10.5 Å². The number of nitrogen functional groups attached to an aromatic ring is 1. The molecule has 0 amide bonds. The molecule has 0 atom stereocenters. The molecule has 3 rings (SSSR count). The van der Waals surface area contributed by atoms with Gasteiger partial charge in [-0.1, -0.05) is 0 Å². The highest BCUT2D eigenvalue weighted by atomic mass is 16.5. The SMILES string of the molecule is Nc1ccc(Oc2cccnc2)c2cnccc12. The molecule has 0 spiro atoms. The Kier molecular flexibility index (Phi) is 2.53. The van der Waals surface area contributed by atoms with E-state index in [1.54, 1.807) is 24.8 Å². The normalized spacial score (nSPS) is 10.4. The summed E-state index contributed by atoms with van der Waals surface area (Å²) in [5, 5.41) is 1.83. The molecule has 1 aromatic carbocycles. The highest BCUT2D eigenvalue weighted by Crippen LogP contribution is 2.32. The molecular formula is C14H11N3O. The molecule has 88 valence electrons. The van der Waals surface area contributed by atoms with Crippen molar-refractivity contribution in [2.75, 3.05) is 5.73 Å². The van der Waals surface area contributed by atoms with Crippen LogP contribution in [-0.4, -0.2) is 9.97 Å². The lowest BCUT2D eigenvalue weighted by molar-refractivity contribution is 0.486. The summed E-state index contributed by atoms with van der Waals surface area (Å²) < 4.78 is 5.79. The van der Waals surface area contributed by atoms with Gasteiger partial charge in [-0.15, -0.1) is 0 Å². The van der Waals surface area contributed by atoms with E-state index in [1.165, 1.54) is 0 Å². The van der Waals surface area contributed by atoms with Crippen LogP contribution in [0.2, 0.25) is 0 Å². The Morgan fingerprint density at radius 3 is 2.61 bits per heavy atom. The summed E-state index contributed by atoms with van der Waals surface area (Å²) in [6.07, 6.45) is 6.83. The average Bonchev–Trinajstić information content (AvgIpc) is 2.44. The van der Waals surface area contributed by atoms with E-state index in [-0.39, 0.29) is 0 Å². The third kappa shape index (κ3) is 1.84. The summed E-state index contributed by atoms with van der Waals surface area (Å²) in [6.45, 7) is 0. The van der Waals surface area contributed by atoms with Crippen LogP contribution in [-0.2, 0) is 0 Å².